The summed E-state index contributed by atoms with van der Waals surface area (Å²) in [6.45, 7) is 0. The van der Waals surface area contributed by atoms with E-state index in [4.69, 9.17) is 4.74 Å². The highest BCUT2D eigenvalue weighted by molar-refractivity contribution is 7.73. The molecule has 0 aliphatic heterocycles. The zero-order chi connectivity index (χ0) is 20.2. The second-order valence-electron chi connectivity index (χ2n) is 7.34. The molecule has 1 unspecified atom stereocenters. The fourth-order valence-electron chi connectivity index (χ4n) is 4.00. The topological polar surface area (TPSA) is 29.5 Å². The molecular formula is C24H23F2O2P. The van der Waals surface area contributed by atoms with E-state index in [9.17, 15) is 13.9 Å². The number of hydrogen-bond donors (Lipinski definition) is 1. The first-order valence-corrected chi connectivity index (χ1v) is 11.3. The Morgan fingerprint density at radius 3 is 2.03 bits per heavy atom. The van der Waals surface area contributed by atoms with Crippen molar-refractivity contribution < 1.29 is 18.6 Å². The summed E-state index contributed by atoms with van der Waals surface area (Å²) >= 11 is 0. The number of phenols is 1. The Morgan fingerprint density at radius 1 is 0.828 bits per heavy atom. The van der Waals surface area contributed by atoms with E-state index in [1.54, 1.807) is 0 Å². The lowest BCUT2D eigenvalue weighted by molar-refractivity contribution is 0.151. The summed E-state index contributed by atoms with van der Waals surface area (Å²) in [4.78, 5) is 0. The molecule has 1 aliphatic rings. The standard InChI is InChI=1S/C24H23F2O2P/c25-21-15-23(27)24(16-22(21)26)28-17-8-7-13-20(14-17)29(18-9-3-1-4-10-18)19-11-5-2-6-12-19/h1-6,9-12,15-17,20,27H,7-8,13-14H2/t17?,20-/m0/s1. The van der Waals surface area contributed by atoms with E-state index in [-0.39, 0.29) is 17.6 Å². The second kappa shape index (κ2) is 8.92. The van der Waals surface area contributed by atoms with Gasteiger partial charge in [0.05, 0.1) is 6.10 Å². The predicted molar refractivity (Wildman–Crippen MR) is 114 cm³/mol. The van der Waals surface area contributed by atoms with Crippen molar-refractivity contribution in [2.24, 2.45) is 0 Å². The predicted octanol–water partition coefficient (Wildman–Crippen LogP) is 5.49. The molecule has 2 atom stereocenters. The summed E-state index contributed by atoms with van der Waals surface area (Å²) in [6.07, 6.45) is 3.61. The van der Waals surface area contributed by atoms with Crippen molar-refractivity contribution in [3.63, 3.8) is 0 Å². The van der Waals surface area contributed by atoms with Gasteiger partial charge in [-0.1, -0.05) is 60.7 Å². The SMILES string of the molecule is Oc1cc(F)c(F)cc1OC1CCC[C@H](P(c2ccccc2)c2ccccc2)C1. The molecule has 0 bridgehead atoms. The lowest BCUT2D eigenvalue weighted by Gasteiger charge is -2.35. The van der Waals surface area contributed by atoms with Gasteiger partial charge in [0.1, 0.15) is 0 Å². The van der Waals surface area contributed by atoms with Gasteiger partial charge >= 0.3 is 0 Å². The maximum Gasteiger partial charge on any atom is 0.164 e. The Bertz CT molecular complexity index is 910. The van der Waals surface area contributed by atoms with Crippen LogP contribution in [0.25, 0.3) is 0 Å². The maximum atomic E-state index is 13.6. The van der Waals surface area contributed by atoms with Crippen LogP contribution in [0.4, 0.5) is 8.78 Å². The molecule has 0 spiro atoms. The Morgan fingerprint density at radius 2 is 1.41 bits per heavy atom. The lowest BCUT2D eigenvalue weighted by Crippen LogP contribution is -2.32. The number of ether oxygens (including phenoxy) is 1. The molecule has 4 rings (SSSR count). The van der Waals surface area contributed by atoms with Crippen molar-refractivity contribution in [2.75, 3.05) is 0 Å². The molecule has 0 amide bonds. The summed E-state index contributed by atoms with van der Waals surface area (Å²) < 4.78 is 32.8. The quantitative estimate of drug-likeness (QED) is 0.562. The van der Waals surface area contributed by atoms with E-state index in [1.165, 1.54) is 10.6 Å². The average Bonchev–Trinajstić information content (AvgIpc) is 2.74. The van der Waals surface area contributed by atoms with Crippen LogP contribution in [-0.4, -0.2) is 16.9 Å². The fourth-order valence-corrected chi connectivity index (χ4v) is 7.02. The molecule has 1 saturated carbocycles. The number of benzene rings is 3. The molecular weight excluding hydrogens is 389 g/mol. The molecule has 5 heteroatoms. The van der Waals surface area contributed by atoms with Crippen LogP contribution >= 0.6 is 7.92 Å². The minimum absolute atomic E-state index is 0.0123. The first kappa shape index (κ1) is 19.8. The number of hydrogen-bond acceptors (Lipinski definition) is 2. The summed E-state index contributed by atoms with van der Waals surface area (Å²) in [5.74, 6) is -2.44. The first-order valence-electron chi connectivity index (χ1n) is 9.86. The van der Waals surface area contributed by atoms with Crippen LogP contribution in [0.2, 0.25) is 0 Å². The minimum Gasteiger partial charge on any atom is -0.504 e. The van der Waals surface area contributed by atoms with Crippen LogP contribution in [0.15, 0.2) is 72.8 Å². The Hall–Kier alpha value is -2.45. The highest BCUT2D eigenvalue weighted by atomic mass is 31.1. The van der Waals surface area contributed by atoms with Gasteiger partial charge in [-0.3, -0.25) is 0 Å². The van der Waals surface area contributed by atoms with Crippen molar-refractivity contribution in [2.45, 2.75) is 37.4 Å². The molecule has 3 aromatic carbocycles. The summed E-state index contributed by atoms with van der Waals surface area (Å²) in [5.41, 5.74) is 0.418. The lowest BCUT2D eigenvalue weighted by atomic mass is 9.97. The van der Waals surface area contributed by atoms with Crippen LogP contribution in [0.5, 0.6) is 11.5 Å². The van der Waals surface area contributed by atoms with Crippen molar-refractivity contribution in [3.05, 3.63) is 84.4 Å². The molecule has 150 valence electrons. The Balaban J connectivity index is 1.58. The number of halogens is 2. The smallest absolute Gasteiger partial charge is 0.164 e. The largest absolute Gasteiger partial charge is 0.504 e. The molecule has 2 nitrogen and oxygen atoms in total. The third kappa shape index (κ3) is 4.59. The fraction of sp³-hybridized carbons (Fsp3) is 0.250. The van der Waals surface area contributed by atoms with Crippen molar-refractivity contribution in [1.82, 2.24) is 0 Å². The van der Waals surface area contributed by atoms with Crippen LogP contribution < -0.4 is 15.3 Å². The van der Waals surface area contributed by atoms with Gasteiger partial charge in [-0.05, 0) is 49.9 Å². The van der Waals surface area contributed by atoms with Crippen LogP contribution in [0.1, 0.15) is 25.7 Å². The van der Waals surface area contributed by atoms with Crippen molar-refractivity contribution >= 4 is 18.5 Å². The second-order valence-corrected chi connectivity index (χ2v) is 9.84. The molecule has 0 heterocycles. The molecule has 29 heavy (non-hydrogen) atoms. The summed E-state index contributed by atoms with van der Waals surface area (Å²) in [6, 6.07) is 22.8. The molecule has 1 fully saturated rings. The Kier molecular flexibility index (Phi) is 6.10. The van der Waals surface area contributed by atoms with Gasteiger partial charge in [-0.2, -0.15) is 0 Å². The van der Waals surface area contributed by atoms with Gasteiger partial charge in [-0.15, -0.1) is 0 Å². The van der Waals surface area contributed by atoms with Crippen molar-refractivity contribution in [1.29, 1.82) is 0 Å². The van der Waals surface area contributed by atoms with E-state index in [2.05, 4.69) is 48.5 Å². The normalized spacial score (nSPS) is 19.3. The summed E-state index contributed by atoms with van der Waals surface area (Å²) in [7, 11) is -0.566. The molecule has 0 aromatic heterocycles. The molecule has 3 aromatic rings. The van der Waals surface area contributed by atoms with E-state index >= 15 is 0 Å². The highest BCUT2D eigenvalue weighted by Gasteiger charge is 2.31. The number of aromatic hydroxyl groups is 1. The van der Waals surface area contributed by atoms with E-state index in [0.29, 0.717) is 5.66 Å². The van der Waals surface area contributed by atoms with Crippen LogP contribution in [-0.2, 0) is 0 Å². The van der Waals surface area contributed by atoms with Gasteiger partial charge in [0.15, 0.2) is 23.1 Å². The Labute approximate surface area is 170 Å². The van der Waals surface area contributed by atoms with Gasteiger partial charge in [0, 0.05) is 12.1 Å². The van der Waals surface area contributed by atoms with Gasteiger partial charge in [0.2, 0.25) is 0 Å². The van der Waals surface area contributed by atoms with E-state index in [1.807, 2.05) is 12.1 Å². The molecule has 0 saturated heterocycles. The van der Waals surface area contributed by atoms with Crippen LogP contribution in [0.3, 0.4) is 0 Å². The summed E-state index contributed by atoms with van der Waals surface area (Å²) in [5, 5.41) is 12.6. The van der Waals surface area contributed by atoms with Gasteiger partial charge in [-0.25, -0.2) is 8.78 Å². The monoisotopic (exact) mass is 412 g/mol. The zero-order valence-corrected chi connectivity index (χ0v) is 16.9. The van der Waals surface area contributed by atoms with Crippen LogP contribution in [0, 0.1) is 11.6 Å². The van der Waals surface area contributed by atoms with Gasteiger partial charge in [0.25, 0.3) is 0 Å². The first-order chi connectivity index (χ1) is 14.1. The van der Waals surface area contributed by atoms with Crippen molar-refractivity contribution in [3.8, 4) is 11.5 Å². The zero-order valence-electron chi connectivity index (χ0n) is 16.0. The van der Waals surface area contributed by atoms with E-state index in [0.717, 1.165) is 37.8 Å². The highest BCUT2D eigenvalue weighted by Crippen LogP contribution is 2.47. The maximum absolute atomic E-state index is 13.6. The van der Waals surface area contributed by atoms with Gasteiger partial charge < -0.3 is 9.84 Å². The average molecular weight is 412 g/mol. The number of phenolic OH excluding ortho intramolecular Hbond substituents is 1. The third-order valence-corrected chi connectivity index (χ3v) is 8.24. The van der Waals surface area contributed by atoms with E-state index < -0.39 is 19.6 Å². The molecule has 0 radical (unpaired) electrons. The molecule has 1 aliphatic carbocycles. The number of rotatable bonds is 5. The third-order valence-electron chi connectivity index (χ3n) is 5.33. The minimum atomic E-state index is -1.08. The molecule has 1 N–H and O–H groups in total.